The van der Waals surface area contributed by atoms with E-state index in [4.69, 9.17) is 5.73 Å². The van der Waals surface area contributed by atoms with Crippen LogP contribution >= 0.6 is 11.8 Å². The van der Waals surface area contributed by atoms with E-state index in [0.717, 1.165) is 22.9 Å². The third-order valence-corrected chi connectivity index (χ3v) is 4.92. The molecule has 7 heteroatoms. The van der Waals surface area contributed by atoms with Gasteiger partial charge in [-0.3, -0.25) is 9.59 Å². The van der Waals surface area contributed by atoms with Crippen molar-refractivity contribution >= 4 is 28.8 Å². The SMILES string of the molecule is Cc1ccc(C(=O)SC[C@H](NC(=O)[C@@H](N)Cc2ccccc2)C(=O)O)cc1. The average Bonchev–Trinajstić information content (AvgIpc) is 2.65. The smallest absolute Gasteiger partial charge is 0.327 e. The highest BCUT2D eigenvalue weighted by Gasteiger charge is 2.24. The summed E-state index contributed by atoms with van der Waals surface area (Å²) in [6, 6.07) is 14.2. The molecule has 2 atom stereocenters. The first-order valence-electron chi connectivity index (χ1n) is 8.43. The second-order valence-corrected chi connectivity index (χ2v) is 7.15. The van der Waals surface area contributed by atoms with Crippen LogP contribution in [0.5, 0.6) is 0 Å². The summed E-state index contributed by atoms with van der Waals surface area (Å²) in [5.41, 5.74) is 8.28. The normalized spacial score (nSPS) is 12.8. The van der Waals surface area contributed by atoms with Crippen molar-refractivity contribution in [1.82, 2.24) is 5.32 Å². The molecular weight excluding hydrogens is 364 g/mol. The molecule has 4 N–H and O–H groups in total. The van der Waals surface area contributed by atoms with Crippen molar-refractivity contribution in [1.29, 1.82) is 0 Å². The van der Waals surface area contributed by atoms with E-state index < -0.39 is 24.0 Å². The van der Waals surface area contributed by atoms with Gasteiger partial charge in [-0.2, -0.15) is 0 Å². The minimum Gasteiger partial charge on any atom is -0.480 e. The van der Waals surface area contributed by atoms with Crippen LogP contribution in [0.15, 0.2) is 54.6 Å². The fourth-order valence-corrected chi connectivity index (χ4v) is 3.19. The van der Waals surface area contributed by atoms with E-state index in [2.05, 4.69) is 5.32 Å². The van der Waals surface area contributed by atoms with E-state index in [1.165, 1.54) is 0 Å². The number of carboxylic acids is 1. The molecule has 0 aliphatic carbocycles. The Kier molecular flexibility index (Phi) is 7.57. The lowest BCUT2D eigenvalue weighted by Crippen LogP contribution is -2.50. The van der Waals surface area contributed by atoms with Gasteiger partial charge >= 0.3 is 5.97 Å². The summed E-state index contributed by atoms with van der Waals surface area (Å²) < 4.78 is 0. The number of carboxylic acid groups (broad SMARTS) is 1. The van der Waals surface area contributed by atoms with Crippen LogP contribution in [0.3, 0.4) is 0 Å². The van der Waals surface area contributed by atoms with E-state index in [9.17, 15) is 19.5 Å². The van der Waals surface area contributed by atoms with E-state index >= 15 is 0 Å². The molecule has 0 fully saturated rings. The first kappa shape index (κ1) is 20.7. The fourth-order valence-electron chi connectivity index (χ4n) is 2.35. The molecule has 2 aromatic rings. The molecule has 0 unspecified atom stereocenters. The molecule has 2 rings (SSSR count). The minimum absolute atomic E-state index is 0.0775. The Hall–Kier alpha value is -2.64. The van der Waals surface area contributed by atoms with Gasteiger partial charge < -0.3 is 16.2 Å². The Morgan fingerprint density at radius 3 is 2.30 bits per heavy atom. The maximum Gasteiger partial charge on any atom is 0.327 e. The van der Waals surface area contributed by atoms with Gasteiger partial charge in [0.1, 0.15) is 6.04 Å². The molecule has 0 saturated heterocycles. The number of carbonyl (C=O) groups is 3. The Morgan fingerprint density at radius 1 is 1.07 bits per heavy atom. The highest BCUT2D eigenvalue weighted by Crippen LogP contribution is 2.14. The average molecular weight is 386 g/mol. The number of thioether (sulfide) groups is 1. The van der Waals surface area contributed by atoms with Crippen molar-refractivity contribution in [2.24, 2.45) is 5.73 Å². The maximum absolute atomic E-state index is 12.2. The van der Waals surface area contributed by atoms with Crippen LogP contribution in [-0.2, 0) is 16.0 Å². The number of amides is 1. The van der Waals surface area contributed by atoms with Crippen molar-refractivity contribution in [3.8, 4) is 0 Å². The summed E-state index contributed by atoms with van der Waals surface area (Å²) in [4.78, 5) is 35.8. The number of hydrogen-bond acceptors (Lipinski definition) is 5. The van der Waals surface area contributed by atoms with E-state index in [0.29, 0.717) is 12.0 Å². The maximum atomic E-state index is 12.2. The number of hydrogen-bond donors (Lipinski definition) is 3. The standard InChI is InChI=1S/C20H22N2O4S/c1-13-7-9-15(10-8-13)20(26)27-12-17(19(24)25)22-18(23)16(21)11-14-5-3-2-4-6-14/h2-10,16-17H,11-12,21H2,1H3,(H,22,23)(H,24,25)/t16-,17-/m0/s1. The van der Waals surface area contributed by atoms with Crippen LogP contribution < -0.4 is 11.1 Å². The number of rotatable bonds is 8. The highest BCUT2D eigenvalue weighted by molar-refractivity contribution is 8.14. The Bertz CT molecular complexity index is 793. The largest absolute Gasteiger partial charge is 0.480 e. The van der Waals surface area contributed by atoms with E-state index in [1.807, 2.05) is 49.4 Å². The molecule has 0 bridgehead atoms. The van der Waals surface area contributed by atoms with Crippen molar-refractivity contribution in [3.05, 3.63) is 71.3 Å². The van der Waals surface area contributed by atoms with Crippen LogP contribution in [0, 0.1) is 6.92 Å². The monoisotopic (exact) mass is 386 g/mol. The van der Waals surface area contributed by atoms with Gasteiger partial charge in [-0.05, 0) is 18.9 Å². The molecule has 0 spiro atoms. The molecule has 1 amide bonds. The molecule has 0 aliphatic rings. The summed E-state index contributed by atoms with van der Waals surface area (Å²) in [5, 5.41) is 11.5. The van der Waals surface area contributed by atoms with Crippen LogP contribution in [0.1, 0.15) is 21.5 Å². The van der Waals surface area contributed by atoms with Gasteiger partial charge in [0.05, 0.1) is 6.04 Å². The summed E-state index contributed by atoms with van der Waals surface area (Å²) >= 11 is 0.854. The topological polar surface area (TPSA) is 109 Å². The third kappa shape index (κ3) is 6.54. The zero-order valence-electron chi connectivity index (χ0n) is 14.9. The van der Waals surface area contributed by atoms with E-state index in [-0.39, 0.29) is 10.9 Å². The molecule has 6 nitrogen and oxygen atoms in total. The van der Waals surface area contributed by atoms with E-state index in [1.54, 1.807) is 12.1 Å². The number of benzene rings is 2. The predicted molar refractivity (Wildman–Crippen MR) is 106 cm³/mol. The summed E-state index contributed by atoms with van der Waals surface area (Å²) in [6.07, 6.45) is 0.300. The Labute approximate surface area is 162 Å². The Balaban J connectivity index is 1.90. The Morgan fingerprint density at radius 2 is 1.70 bits per heavy atom. The number of carbonyl (C=O) groups excluding carboxylic acids is 2. The molecule has 0 saturated carbocycles. The lowest BCUT2D eigenvalue weighted by molar-refractivity contribution is -0.141. The number of aryl methyl sites for hydroxylation is 1. The van der Waals surface area contributed by atoms with Crippen LogP contribution in [0.4, 0.5) is 0 Å². The second-order valence-electron chi connectivity index (χ2n) is 6.16. The van der Waals surface area contributed by atoms with Gasteiger partial charge in [0.2, 0.25) is 11.0 Å². The quantitative estimate of drug-likeness (QED) is 0.640. The second kappa shape index (κ2) is 9.89. The lowest BCUT2D eigenvalue weighted by atomic mass is 10.1. The zero-order valence-corrected chi connectivity index (χ0v) is 15.7. The summed E-state index contributed by atoms with van der Waals surface area (Å²) in [5.74, 6) is -1.85. The van der Waals surface area contributed by atoms with Crippen molar-refractivity contribution in [3.63, 3.8) is 0 Å². The summed E-state index contributed by atoms with van der Waals surface area (Å²) in [6.45, 7) is 1.91. The molecular formula is C20H22N2O4S. The van der Waals surface area contributed by atoms with Gasteiger partial charge in [-0.1, -0.05) is 71.9 Å². The van der Waals surface area contributed by atoms with Gasteiger partial charge in [-0.15, -0.1) is 0 Å². The third-order valence-electron chi connectivity index (χ3n) is 3.92. The van der Waals surface area contributed by atoms with Gasteiger partial charge in [-0.25, -0.2) is 4.79 Å². The molecule has 27 heavy (non-hydrogen) atoms. The molecule has 142 valence electrons. The number of aliphatic carboxylic acids is 1. The first-order chi connectivity index (χ1) is 12.9. The lowest BCUT2D eigenvalue weighted by Gasteiger charge is -2.17. The van der Waals surface area contributed by atoms with Gasteiger partial charge in [0, 0.05) is 11.3 Å². The number of nitrogens with two attached hydrogens (primary N) is 1. The van der Waals surface area contributed by atoms with Crippen LogP contribution in [0.25, 0.3) is 0 Å². The molecule has 2 aromatic carbocycles. The number of nitrogens with one attached hydrogen (secondary N) is 1. The van der Waals surface area contributed by atoms with Gasteiger partial charge in [0.15, 0.2) is 0 Å². The molecule has 0 radical (unpaired) electrons. The minimum atomic E-state index is -1.21. The van der Waals surface area contributed by atoms with Crippen molar-refractivity contribution in [2.75, 3.05) is 5.75 Å². The van der Waals surface area contributed by atoms with Crippen molar-refractivity contribution in [2.45, 2.75) is 25.4 Å². The molecule has 0 aliphatic heterocycles. The zero-order chi connectivity index (χ0) is 19.8. The highest BCUT2D eigenvalue weighted by atomic mass is 32.2. The van der Waals surface area contributed by atoms with Crippen LogP contribution in [0.2, 0.25) is 0 Å². The molecule has 0 heterocycles. The molecule has 0 aromatic heterocycles. The fraction of sp³-hybridized carbons (Fsp3) is 0.250. The van der Waals surface area contributed by atoms with Gasteiger partial charge in [0.25, 0.3) is 0 Å². The summed E-state index contributed by atoms with van der Waals surface area (Å²) in [7, 11) is 0. The first-order valence-corrected chi connectivity index (χ1v) is 9.42. The predicted octanol–water partition coefficient (Wildman–Crippen LogP) is 2.01. The van der Waals surface area contributed by atoms with Crippen LogP contribution in [-0.4, -0.2) is 39.9 Å². The van der Waals surface area contributed by atoms with Crippen molar-refractivity contribution < 1.29 is 19.5 Å².